The zero-order valence-corrected chi connectivity index (χ0v) is 22.7. The molecule has 2 heterocycles. The number of H-pyrrole nitrogens is 1. The summed E-state index contributed by atoms with van der Waals surface area (Å²) in [6.07, 6.45) is -0.790. The molecule has 4 rings (SSSR count). The number of carbonyl (C=O) groups excluding carboxylic acids is 2. The molecular weight excluding hydrogens is 528 g/mol. The van der Waals surface area contributed by atoms with Gasteiger partial charge in [0.25, 0.3) is 15.9 Å². The number of rotatable bonds is 9. The van der Waals surface area contributed by atoms with Gasteiger partial charge in [-0.05, 0) is 63.6 Å². The van der Waals surface area contributed by atoms with E-state index in [2.05, 4.69) is 30.2 Å². The third kappa shape index (κ3) is 6.23. The Morgan fingerprint density at radius 2 is 1.71 bits per heavy atom. The number of carbonyl (C=O) groups is 2. The second kappa shape index (κ2) is 11.1. The van der Waals surface area contributed by atoms with Gasteiger partial charge in [-0.25, -0.2) is 18.2 Å². The van der Waals surface area contributed by atoms with Crippen molar-refractivity contribution in [1.29, 1.82) is 0 Å². The minimum absolute atomic E-state index is 0.00913. The van der Waals surface area contributed by atoms with E-state index >= 15 is 0 Å². The number of hydrogen-bond acceptors (Lipinski definition) is 9. The second-order valence-corrected chi connectivity index (χ2v) is 11.3. The van der Waals surface area contributed by atoms with E-state index in [0.717, 1.165) is 28.3 Å². The molecule has 3 N–H and O–H groups in total. The molecule has 38 heavy (non-hydrogen) atoms. The maximum absolute atomic E-state index is 12.8. The van der Waals surface area contributed by atoms with Crippen molar-refractivity contribution in [3.05, 3.63) is 70.5 Å². The minimum Gasteiger partial charge on any atom is -0.449 e. The van der Waals surface area contributed by atoms with E-state index in [4.69, 9.17) is 4.74 Å². The van der Waals surface area contributed by atoms with Gasteiger partial charge in [0.1, 0.15) is 10.8 Å². The summed E-state index contributed by atoms with van der Waals surface area (Å²) in [6.45, 7) is 7.28. The molecule has 0 radical (unpaired) electrons. The number of imidazole rings is 1. The van der Waals surface area contributed by atoms with Crippen molar-refractivity contribution >= 4 is 44.1 Å². The normalized spacial score (nSPS) is 12.1. The SMILES string of the molecule is CCC(OC(=O)c1ccc(-c2nc(C)c(C)[nH]2)cc1)C(=O)Nc1ccc(S(=O)(=O)Nc2nnc(C)s2)cc1. The smallest absolute Gasteiger partial charge is 0.338 e. The molecule has 0 aliphatic rings. The Morgan fingerprint density at radius 1 is 1.03 bits per heavy atom. The van der Waals surface area contributed by atoms with Crippen molar-refractivity contribution in [1.82, 2.24) is 20.2 Å². The summed E-state index contributed by atoms with van der Waals surface area (Å²) in [5.74, 6) is -0.461. The fraction of sp³-hybridized carbons (Fsp3) is 0.240. The van der Waals surface area contributed by atoms with E-state index in [1.807, 2.05) is 13.8 Å². The molecule has 0 saturated carbocycles. The maximum atomic E-state index is 12.8. The average molecular weight is 555 g/mol. The lowest BCUT2D eigenvalue weighted by Gasteiger charge is -2.16. The molecule has 11 nitrogen and oxygen atoms in total. The van der Waals surface area contributed by atoms with Crippen molar-refractivity contribution < 1.29 is 22.7 Å². The number of benzene rings is 2. The largest absolute Gasteiger partial charge is 0.449 e. The topological polar surface area (TPSA) is 156 Å². The predicted molar refractivity (Wildman–Crippen MR) is 144 cm³/mol. The highest BCUT2D eigenvalue weighted by Crippen LogP contribution is 2.22. The molecule has 1 amide bonds. The van der Waals surface area contributed by atoms with Gasteiger partial charge in [-0.15, -0.1) is 10.2 Å². The number of ether oxygens (including phenoxy) is 1. The highest BCUT2D eigenvalue weighted by Gasteiger charge is 2.23. The summed E-state index contributed by atoms with van der Waals surface area (Å²) in [4.78, 5) is 33.1. The summed E-state index contributed by atoms with van der Waals surface area (Å²) >= 11 is 1.12. The van der Waals surface area contributed by atoms with E-state index in [-0.39, 0.29) is 16.4 Å². The fourth-order valence-electron chi connectivity index (χ4n) is 3.42. The number of anilines is 2. The van der Waals surface area contributed by atoms with Crippen LogP contribution >= 0.6 is 11.3 Å². The lowest BCUT2D eigenvalue weighted by Crippen LogP contribution is -2.32. The molecule has 1 atom stereocenters. The average Bonchev–Trinajstić information content (AvgIpc) is 3.45. The lowest BCUT2D eigenvalue weighted by molar-refractivity contribution is -0.124. The van der Waals surface area contributed by atoms with Crippen LogP contribution < -0.4 is 10.0 Å². The number of nitrogens with zero attached hydrogens (tertiary/aromatic N) is 3. The van der Waals surface area contributed by atoms with Crippen LogP contribution in [0.2, 0.25) is 0 Å². The fourth-order valence-corrected chi connectivity index (χ4v) is 5.24. The first-order valence-corrected chi connectivity index (χ1v) is 13.9. The third-order valence-electron chi connectivity index (χ3n) is 5.61. The zero-order chi connectivity index (χ0) is 27.4. The summed E-state index contributed by atoms with van der Waals surface area (Å²) < 4.78 is 32.9. The quantitative estimate of drug-likeness (QED) is 0.260. The van der Waals surface area contributed by atoms with Crippen molar-refractivity contribution in [3.8, 4) is 11.4 Å². The van der Waals surface area contributed by atoms with E-state index in [0.29, 0.717) is 22.1 Å². The van der Waals surface area contributed by atoms with Gasteiger partial charge in [0, 0.05) is 16.9 Å². The van der Waals surface area contributed by atoms with E-state index in [1.54, 1.807) is 38.1 Å². The number of aromatic amines is 1. The molecule has 0 saturated heterocycles. The van der Waals surface area contributed by atoms with Crippen LogP contribution in [0.25, 0.3) is 11.4 Å². The molecule has 1 unspecified atom stereocenters. The lowest BCUT2D eigenvalue weighted by atomic mass is 10.1. The first kappa shape index (κ1) is 26.9. The van der Waals surface area contributed by atoms with E-state index in [1.165, 1.54) is 24.3 Å². The molecule has 0 fully saturated rings. The molecule has 198 valence electrons. The molecule has 4 aromatic rings. The number of sulfonamides is 1. The van der Waals surface area contributed by atoms with Crippen LogP contribution in [-0.4, -0.2) is 46.6 Å². The molecule has 2 aromatic heterocycles. The Balaban J connectivity index is 1.37. The van der Waals surface area contributed by atoms with Gasteiger partial charge in [-0.1, -0.05) is 30.4 Å². The second-order valence-electron chi connectivity index (χ2n) is 8.42. The Morgan fingerprint density at radius 3 is 2.26 bits per heavy atom. The number of aryl methyl sites for hydroxylation is 3. The molecule has 13 heteroatoms. The molecule has 0 bridgehead atoms. The van der Waals surface area contributed by atoms with Gasteiger partial charge in [0.15, 0.2) is 6.10 Å². The Kier molecular flexibility index (Phi) is 7.88. The van der Waals surface area contributed by atoms with E-state index in [9.17, 15) is 18.0 Å². The molecule has 2 aromatic carbocycles. The van der Waals surface area contributed by atoms with Crippen molar-refractivity contribution in [2.75, 3.05) is 10.0 Å². The summed E-state index contributed by atoms with van der Waals surface area (Å²) in [6, 6.07) is 12.3. The first-order chi connectivity index (χ1) is 18.1. The molecule has 0 aliphatic carbocycles. The summed E-state index contributed by atoms with van der Waals surface area (Å²) in [7, 11) is -3.86. The Labute approximate surface area is 223 Å². The number of aromatic nitrogens is 4. The van der Waals surface area contributed by atoms with Crippen molar-refractivity contribution in [2.24, 2.45) is 0 Å². The number of hydrogen-bond donors (Lipinski definition) is 3. The van der Waals surface area contributed by atoms with Crippen molar-refractivity contribution in [3.63, 3.8) is 0 Å². The third-order valence-corrected chi connectivity index (χ3v) is 7.85. The predicted octanol–water partition coefficient (Wildman–Crippen LogP) is 4.23. The highest BCUT2D eigenvalue weighted by atomic mass is 32.2. The highest BCUT2D eigenvalue weighted by molar-refractivity contribution is 7.93. The summed E-state index contributed by atoms with van der Waals surface area (Å²) in [5.41, 5.74) is 3.34. The van der Waals surface area contributed by atoms with Crippen molar-refractivity contribution in [2.45, 2.75) is 45.1 Å². The Hall–Kier alpha value is -4.10. The first-order valence-electron chi connectivity index (χ1n) is 11.6. The van der Waals surface area contributed by atoms with Gasteiger partial charge in [-0.2, -0.15) is 0 Å². The van der Waals surface area contributed by atoms with Crippen LogP contribution in [0.4, 0.5) is 10.8 Å². The van der Waals surface area contributed by atoms with Gasteiger partial charge < -0.3 is 15.0 Å². The standard InChI is InChI=1S/C25H26N6O5S2/c1-5-21(36-24(33)18-8-6-17(7-9-18)22-26-14(2)15(3)27-22)23(32)28-19-10-12-20(13-11-19)38(34,35)31-25-30-29-16(4)37-25/h6-13,21H,5H2,1-4H3,(H,26,27)(H,28,32)(H,30,31). The molecule has 0 spiro atoms. The zero-order valence-electron chi connectivity index (χ0n) is 21.1. The van der Waals surface area contributed by atoms with Gasteiger partial charge in [0.2, 0.25) is 5.13 Å². The Bertz CT molecular complexity index is 1540. The van der Waals surface area contributed by atoms with Gasteiger partial charge in [0.05, 0.1) is 16.2 Å². The van der Waals surface area contributed by atoms with Crippen LogP contribution in [0.3, 0.4) is 0 Å². The van der Waals surface area contributed by atoms with Crippen LogP contribution in [0.5, 0.6) is 0 Å². The van der Waals surface area contributed by atoms with Gasteiger partial charge >= 0.3 is 5.97 Å². The monoisotopic (exact) mass is 554 g/mol. The summed E-state index contributed by atoms with van der Waals surface area (Å²) in [5, 5.41) is 11.0. The van der Waals surface area contributed by atoms with Crippen LogP contribution in [0.15, 0.2) is 53.4 Å². The number of esters is 1. The van der Waals surface area contributed by atoms with Crippen LogP contribution in [0.1, 0.15) is 40.1 Å². The van der Waals surface area contributed by atoms with E-state index < -0.39 is 28.0 Å². The minimum atomic E-state index is -3.86. The molecule has 0 aliphatic heterocycles. The number of amides is 1. The van der Waals surface area contributed by atoms with Gasteiger partial charge in [-0.3, -0.25) is 9.52 Å². The molecular formula is C25H26N6O5S2. The number of nitrogens with one attached hydrogen (secondary N) is 3. The van der Waals surface area contributed by atoms with Crippen LogP contribution in [0, 0.1) is 20.8 Å². The maximum Gasteiger partial charge on any atom is 0.338 e. The van der Waals surface area contributed by atoms with Crippen LogP contribution in [-0.2, 0) is 19.6 Å².